The molecular weight excluding hydrogens is 236 g/mol. The van der Waals surface area contributed by atoms with Gasteiger partial charge in [0, 0.05) is 17.5 Å². The van der Waals surface area contributed by atoms with E-state index in [-0.39, 0.29) is 0 Å². The van der Waals surface area contributed by atoms with Crippen LogP contribution in [-0.2, 0) is 0 Å². The molecule has 2 aliphatic rings. The number of hydrogen-bond acceptors (Lipinski definition) is 4. The molecule has 1 aromatic heterocycles. The normalized spacial score (nSPS) is 27.3. The fraction of sp³-hybridized carbons (Fsp3) is 0.733. The zero-order valence-corrected chi connectivity index (χ0v) is 11.9. The summed E-state index contributed by atoms with van der Waals surface area (Å²) >= 11 is 0. The average Bonchev–Trinajstić information content (AvgIpc) is 3.21. The number of nitrogen functional groups attached to an aromatic ring is 1. The Morgan fingerprint density at radius 3 is 2.37 bits per heavy atom. The van der Waals surface area contributed by atoms with Gasteiger partial charge in [-0.3, -0.25) is 0 Å². The highest BCUT2D eigenvalue weighted by molar-refractivity contribution is 5.55. The molecule has 0 bridgehead atoms. The Kier molecular flexibility index (Phi) is 3.33. The summed E-state index contributed by atoms with van der Waals surface area (Å²) in [6, 6.07) is 0.552. The molecule has 3 N–H and O–H groups in total. The maximum absolute atomic E-state index is 6.02. The van der Waals surface area contributed by atoms with Gasteiger partial charge in [0.2, 0.25) is 0 Å². The van der Waals surface area contributed by atoms with Crippen molar-refractivity contribution < 1.29 is 0 Å². The van der Waals surface area contributed by atoms with Crippen LogP contribution in [0.2, 0.25) is 0 Å². The molecule has 4 nitrogen and oxygen atoms in total. The summed E-state index contributed by atoms with van der Waals surface area (Å²) in [5.74, 6) is 3.97. The molecule has 0 spiro atoms. The standard InChI is InChI=1S/C15H24N4/c1-9-3-7-12(8-4-9)17-14-10(2)13(16)18-15(19-14)11-5-6-11/h9,11-12H,3-8H2,1-2H3,(H3,16,17,18,19). The number of rotatable bonds is 3. The van der Waals surface area contributed by atoms with Crippen molar-refractivity contribution in [3.63, 3.8) is 0 Å². The van der Waals surface area contributed by atoms with E-state index < -0.39 is 0 Å². The molecule has 3 rings (SSSR count). The first kappa shape index (κ1) is 12.7. The summed E-state index contributed by atoms with van der Waals surface area (Å²) in [6.07, 6.45) is 7.53. The third-order valence-electron chi connectivity index (χ3n) is 4.50. The molecule has 0 saturated heterocycles. The largest absolute Gasteiger partial charge is 0.383 e. The van der Waals surface area contributed by atoms with Crippen molar-refractivity contribution in [3.05, 3.63) is 11.4 Å². The van der Waals surface area contributed by atoms with Crippen LogP contribution in [0.3, 0.4) is 0 Å². The number of nitrogens with two attached hydrogens (primary N) is 1. The highest BCUT2D eigenvalue weighted by Crippen LogP contribution is 2.39. The SMILES string of the molecule is Cc1c(N)nc(C2CC2)nc1NC1CCC(C)CC1. The first-order valence-electron chi connectivity index (χ1n) is 7.54. The molecule has 1 heterocycles. The molecule has 104 valence electrons. The van der Waals surface area contributed by atoms with E-state index >= 15 is 0 Å². The van der Waals surface area contributed by atoms with Crippen LogP contribution in [0.25, 0.3) is 0 Å². The lowest BCUT2D eigenvalue weighted by Crippen LogP contribution is -2.26. The minimum absolute atomic E-state index is 0.551. The molecule has 2 aliphatic carbocycles. The number of anilines is 2. The van der Waals surface area contributed by atoms with Gasteiger partial charge in [0.1, 0.15) is 17.5 Å². The lowest BCUT2D eigenvalue weighted by molar-refractivity contribution is 0.360. The molecule has 0 atom stereocenters. The Hall–Kier alpha value is -1.32. The minimum Gasteiger partial charge on any atom is -0.383 e. The van der Waals surface area contributed by atoms with Gasteiger partial charge in [0.25, 0.3) is 0 Å². The monoisotopic (exact) mass is 260 g/mol. The van der Waals surface area contributed by atoms with E-state index in [1.807, 2.05) is 6.92 Å². The number of aromatic nitrogens is 2. The first-order chi connectivity index (χ1) is 9.13. The third kappa shape index (κ3) is 2.82. The van der Waals surface area contributed by atoms with Gasteiger partial charge in [-0.25, -0.2) is 9.97 Å². The van der Waals surface area contributed by atoms with E-state index in [2.05, 4.69) is 17.2 Å². The molecule has 2 saturated carbocycles. The van der Waals surface area contributed by atoms with Crippen LogP contribution in [0.5, 0.6) is 0 Å². The van der Waals surface area contributed by atoms with Gasteiger partial charge in [-0.2, -0.15) is 0 Å². The fourth-order valence-electron chi connectivity index (χ4n) is 2.81. The summed E-state index contributed by atoms with van der Waals surface area (Å²) in [7, 11) is 0. The van der Waals surface area contributed by atoms with Crippen LogP contribution >= 0.6 is 0 Å². The fourth-order valence-corrected chi connectivity index (χ4v) is 2.81. The summed E-state index contributed by atoms with van der Waals surface area (Å²) in [5.41, 5.74) is 7.03. The van der Waals surface area contributed by atoms with Gasteiger partial charge in [-0.1, -0.05) is 6.92 Å². The summed E-state index contributed by atoms with van der Waals surface area (Å²) < 4.78 is 0. The molecule has 1 aromatic rings. The van der Waals surface area contributed by atoms with Crippen molar-refractivity contribution in [2.75, 3.05) is 11.1 Å². The first-order valence-corrected chi connectivity index (χ1v) is 7.54. The summed E-state index contributed by atoms with van der Waals surface area (Å²) in [5, 5.41) is 3.60. The third-order valence-corrected chi connectivity index (χ3v) is 4.50. The Balaban J connectivity index is 1.75. The number of nitrogens with one attached hydrogen (secondary N) is 1. The molecule has 0 aromatic carbocycles. The molecule has 4 heteroatoms. The van der Waals surface area contributed by atoms with Crippen LogP contribution in [0.15, 0.2) is 0 Å². The van der Waals surface area contributed by atoms with Crippen LogP contribution in [-0.4, -0.2) is 16.0 Å². The van der Waals surface area contributed by atoms with Crippen LogP contribution in [0.4, 0.5) is 11.6 Å². The second-order valence-electron chi connectivity index (χ2n) is 6.32. The Bertz CT molecular complexity index is 459. The predicted octanol–water partition coefficient (Wildman–Crippen LogP) is 3.24. The van der Waals surface area contributed by atoms with Crippen LogP contribution in [0, 0.1) is 12.8 Å². The molecule has 19 heavy (non-hydrogen) atoms. The van der Waals surface area contributed by atoms with Crippen LogP contribution in [0.1, 0.15) is 62.8 Å². The van der Waals surface area contributed by atoms with Crippen LogP contribution < -0.4 is 11.1 Å². The smallest absolute Gasteiger partial charge is 0.136 e. The van der Waals surface area contributed by atoms with E-state index in [4.69, 9.17) is 10.7 Å². The van der Waals surface area contributed by atoms with Gasteiger partial charge in [-0.15, -0.1) is 0 Å². The van der Waals surface area contributed by atoms with E-state index in [0.29, 0.717) is 17.8 Å². The van der Waals surface area contributed by atoms with Gasteiger partial charge in [0.05, 0.1) is 0 Å². The molecular formula is C15H24N4. The highest BCUT2D eigenvalue weighted by Gasteiger charge is 2.28. The number of hydrogen-bond donors (Lipinski definition) is 2. The molecule has 0 aliphatic heterocycles. The lowest BCUT2D eigenvalue weighted by Gasteiger charge is -2.28. The molecule has 0 radical (unpaired) electrons. The summed E-state index contributed by atoms with van der Waals surface area (Å²) in [4.78, 5) is 9.13. The molecule has 0 amide bonds. The maximum atomic E-state index is 6.02. The van der Waals surface area contributed by atoms with E-state index in [9.17, 15) is 0 Å². The van der Waals surface area contributed by atoms with Crippen molar-refractivity contribution in [2.24, 2.45) is 5.92 Å². The Morgan fingerprint density at radius 2 is 1.74 bits per heavy atom. The predicted molar refractivity (Wildman–Crippen MR) is 78.2 cm³/mol. The molecule has 0 unspecified atom stereocenters. The zero-order valence-electron chi connectivity index (χ0n) is 11.9. The van der Waals surface area contributed by atoms with Crippen molar-refractivity contribution in [3.8, 4) is 0 Å². The minimum atomic E-state index is 0.551. The average molecular weight is 260 g/mol. The number of nitrogens with zero attached hydrogens (tertiary/aromatic N) is 2. The van der Waals surface area contributed by atoms with Gasteiger partial charge >= 0.3 is 0 Å². The van der Waals surface area contributed by atoms with Gasteiger partial charge in [0.15, 0.2) is 0 Å². The van der Waals surface area contributed by atoms with E-state index in [1.54, 1.807) is 0 Å². The second kappa shape index (κ2) is 4.99. The summed E-state index contributed by atoms with van der Waals surface area (Å²) in [6.45, 7) is 4.36. The Labute approximate surface area is 115 Å². The second-order valence-corrected chi connectivity index (χ2v) is 6.32. The quantitative estimate of drug-likeness (QED) is 0.875. The van der Waals surface area contributed by atoms with Crippen molar-refractivity contribution in [1.29, 1.82) is 0 Å². The van der Waals surface area contributed by atoms with Crippen molar-refractivity contribution >= 4 is 11.6 Å². The zero-order chi connectivity index (χ0) is 13.4. The topological polar surface area (TPSA) is 63.8 Å². The van der Waals surface area contributed by atoms with Crippen molar-refractivity contribution in [2.45, 2.75) is 64.3 Å². The Morgan fingerprint density at radius 1 is 1.05 bits per heavy atom. The lowest BCUT2D eigenvalue weighted by atomic mass is 9.87. The van der Waals surface area contributed by atoms with E-state index in [0.717, 1.165) is 23.1 Å². The van der Waals surface area contributed by atoms with Gasteiger partial charge in [-0.05, 0) is 51.4 Å². The van der Waals surface area contributed by atoms with Crippen molar-refractivity contribution in [1.82, 2.24) is 9.97 Å². The van der Waals surface area contributed by atoms with Gasteiger partial charge < -0.3 is 11.1 Å². The highest BCUT2D eigenvalue weighted by atomic mass is 15.1. The maximum Gasteiger partial charge on any atom is 0.136 e. The molecule has 2 fully saturated rings. The van der Waals surface area contributed by atoms with E-state index in [1.165, 1.54) is 38.5 Å².